The van der Waals surface area contributed by atoms with Crippen molar-refractivity contribution < 1.29 is 14.6 Å². The molecule has 0 aromatic rings. The van der Waals surface area contributed by atoms with Crippen LogP contribution in [0, 0.1) is 17.8 Å². The SMILES string of the molecule is COC(=O)CC1CC2CC(O)C(C1)C2. The quantitative estimate of drug-likeness (QED) is 0.681. The molecule has 80 valence electrons. The fraction of sp³-hybridized carbons (Fsp3) is 0.909. The van der Waals surface area contributed by atoms with Crippen molar-refractivity contribution in [1.82, 2.24) is 0 Å². The molecular formula is C11H18O3. The highest BCUT2D eigenvalue weighted by atomic mass is 16.5. The lowest BCUT2D eigenvalue weighted by molar-refractivity contribution is -0.142. The van der Waals surface area contributed by atoms with E-state index in [2.05, 4.69) is 4.74 Å². The number of esters is 1. The maximum Gasteiger partial charge on any atom is 0.305 e. The molecular weight excluding hydrogens is 180 g/mol. The van der Waals surface area contributed by atoms with Gasteiger partial charge in [0.05, 0.1) is 13.2 Å². The molecule has 0 spiro atoms. The van der Waals surface area contributed by atoms with Crippen molar-refractivity contribution in [3.05, 3.63) is 0 Å². The third-order valence-electron chi connectivity index (χ3n) is 3.74. The van der Waals surface area contributed by atoms with E-state index in [1.807, 2.05) is 0 Å². The minimum Gasteiger partial charge on any atom is -0.469 e. The monoisotopic (exact) mass is 198 g/mol. The summed E-state index contributed by atoms with van der Waals surface area (Å²) in [7, 11) is 1.44. The van der Waals surface area contributed by atoms with Crippen LogP contribution < -0.4 is 0 Å². The van der Waals surface area contributed by atoms with Crippen molar-refractivity contribution in [2.45, 2.75) is 38.2 Å². The van der Waals surface area contributed by atoms with Crippen molar-refractivity contribution >= 4 is 5.97 Å². The van der Waals surface area contributed by atoms with Gasteiger partial charge in [0.1, 0.15) is 0 Å². The van der Waals surface area contributed by atoms with Crippen LogP contribution in [0.15, 0.2) is 0 Å². The molecule has 1 N–H and O–H groups in total. The van der Waals surface area contributed by atoms with Gasteiger partial charge in [-0.25, -0.2) is 0 Å². The Balaban J connectivity index is 1.89. The Hall–Kier alpha value is -0.570. The molecule has 0 aromatic carbocycles. The van der Waals surface area contributed by atoms with Gasteiger partial charge in [-0.2, -0.15) is 0 Å². The van der Waals surface area contributed by atoms with Crippen LogP contribution in [0.5, 0.6) is 0 Å². The fourth-order valence-corrected chi connectivity index (χ4v) is 3.14. The third kappa shape index (κ3) is 1.92. The van der Waals surface area contributed by atoms with Crippen LogP contribution in [0.4, 0.5) is 0 Å². The summed E-state index contributed by atoms with van der Waals surface area (Å²) >= 11 is 0. The standard InChI is InChI=1S/C11H18O3/c1-14-11(13)6-8-2-7-3-9(4-8)10(12)5-7/h7-10,12H,2-6H2,1H3. The first kappa shape index (κ1) is 9.97. The van der Waals surface area contributed by atoms with Gasteiger partial charge >= 0.3 is 5.97 Å². The predicted molar refractivity (Wildman–Crippen MR) is 51.6 cm³/mol. The molecule has 4 atom stereocenters. The van der Waals surface area contributed by atoms with E-state index in [9.17, 15) is 9.90 Å². The second-order valence-electron chi connectivity index (χ2n) is 4.78. The zero-order valence-electron chi connectivity index (χ0n) is 8.61. The van der Waals surface area contributed by atoms with Gasteiger partial charge in [-0.05, 0) is 43.4 Å². The lowest BCUT2D eigenvalue weighted by Gasteiger charge is -2.26. The molecule has 2 aliphatic rings. The van der Waals surface area contributed by atoms with E-state index in [1.54, 1.807) is 0 Å². The Labute approximate surface area is 84.4 Å². The maximum absolute atomic E-state index is 11.1. The summed E-state index contributed by atoms with van der Waals surface area (Å²) in [5, 5.41) is 9.69. The summed E-state index contributed by atoms with van der Waals surface area (Å²) < 4.78 is 4.67. The van der Waals surface area contributed by atoms with Gasteiger partial charge in [-0.3, -0.25) is 4.79 Å². The van der Waals surface area contributed by atoms with Crippen LogP contribution in [0.1, 0.15) is 32.1 Å². The first-order valence-corrected chi connectivity index (χ1v) is 5.44. The largest absolute Gasteiger partial charge is 0.469 e. The molecule has 0 radical (unpaired) electrons. The summed E-state index contributed by atoms with van der Waals surface area (Å²) in [6.45, 7) is 0. The van der Waals surface area contributed by atoms with Gasteiger partial charge < -0.3 is 9.84 Å². The van der Waals surface area contributed by atoms with Gasteiger partial charge in [0.2, 0.25) is 0 Å². The van der Waals surface area contributed by atoms with Gasteiger partial charge in [0, 0.05) is 6.42 Å². The molecule has 0 aliphatic heterocycles. The Morgan fingerprint density at radius 3 is 2.79 bits per heavy atom. The number of carbonyl (C=O) groups excluding carboxylic acids is 1. The Morgan fingerprint density at radius 2 is 2.14 bits per heavy atom. The van der Waals surface area contributed by atoms with Gasteiger partial charge in [-0.15, -0.1) is 0 Å². The number of aliphatic hydroxyl groups excluding tert-OH is 1. The van der Waals surface area contributed by atoms with Crippen LogP contribution >= 0.6 is 0 Å². The summed E-state index contributed by atoms with van der Waals surface area (Å²) in [6, 6.07) is 0. The van der Waals surface area contributed by atoms with Crippen molar-refractivity contribution in [2.24, 2.45) is 17.8 Å². The van der Waals surface area contributed by atoms with Crippen LogP contribution in [-0.2, 0) is 9.53 Å². The molecule has 4 unspecified atom stereocenters. The number of carbonyl (C=O) groups is 1. The van der Waals surface area contributed by atoms with Crippen molar-refractivity contribution in [2.75, 3.05) is 7.11 Å². The second kappa shape index (κ2) is 3.89. The number of ether oxygens (including phenoxy) is 1. The normalized spacial score (nSPS) is 41.0. The number of fused-ring (bicyclic) bond motifs is 2. The molecule has 2 aliphatic carbocycles. The summed E-state index contributed by atoms with van der Waals surface area (Å²) in [5.41, 5.74) is 0. The molecule has 0 amide bonds. The zero-order valence-corrected chi connectivity index (χ0v) is 8.61. The minimum atomic E-state index is -0.109. The van der Waals surface area contributed by atoms with E-state index in [4.69, 9.17) is 0 Å². The van der Waals surface area contributed by atoms with Crippen molar-refractivity contribution in [3.8, 4) is 0 Å². The molecule has 0 heterocycles. The third-order valence-corrected chi connectivity index (χ3v) is 3.74. The highest BCUT2D eigenvalue weighted by Crippen LogP contribution is 2.45. The molecule has 14 heavy (non-hydrogen) atoms. The summed E-state index contributed by atoms with van der Waals surface area (Å²) in [5.74, 6) is 1.44. The minimum absolute atomic E-state index is 0.106. The van der Waals surface area contributed by atoms with E-state index in [-0.39, 0.29) is 12.1 Å². The topological polar surface area (TPSA) is 46.5 Å². The van der Waals surface area contributed by atoms with Gasteiger partial charge in [-0.1, -0.05) is 0 Å². The molecule has 0 saturated heterocycles. The lowest BCUT2D eigenvalue weighted by Crippen LogP contribution is -2.21. The summed E-state index contributed by atoms with van der Waals surface area (Å²) in [4.78, 5) is 11.1. The van der Waals surface area contributed by atoms with Gasteiger partial charge in [0.15, 0.2) is 0 Å². The van der Waals surface area contributed by atoms with E-state index >= 15 is 0 Å². The smallest absolute Gasteiger partial charge is 0.305 e. The van der Waals surface area contributed by atoms with Crippen LogP contribution in [0.25, 0.3) is 0 Å². The number of methoxy groups -OCH3 is 1. The first-order valence-electron chi connectivity index (χ1n) is 5.44. The second-order valence-corrected chi connectivity index (χ2v) is 4.78. The average molecular weight is 198 g/mol. The van der Waals surface area contributed by atoms with Crippen LogP contribution in [0.3, 0.4) is 0 Å². The molecule has 2 saturated carbocycles. The lowest BCUT2D eigenvalue weighted by atomic mass is 9.79. The van der Waals surface area contributed by atoms with Crippen LogP contribution in [-0.4, -0.2) is 24.3 Å². The molecule has 2 rings (SSSR count). The fourth-order valence-electron chi connectivity index (χ4n) is 3.14. The molecule has 3 heteroatoms. The Bertz CT molecular complexity index is 225. The molecule has 3 nitrogen and oxygen atoms in total. The number of aliphatic hydroxyl groups is 1. The average Bonchev–Trinajstić information content (AvgIpc) is 2.41. The van der Waals surface area contributed by atoms with Crippen molar-refractivity contribution in [3.63, 3.8) is 0 Å². The van der Waals surface area contributed by atoms with Gasteiger partial charge in [0.25, 0.3) is 0 Å². The van der Waals surface area contributed by atoms with E-state index in [0.717, 1.165) is 19.3 Å². The number of rotatable bonds is 2. The highest BCUT2D eigenvalue weighted by molar-refractivity contribution is 5.69. The highest BCUT2D eigenvalue weighted by Gasteiger charge is 2.40. The Morgan fingerprint density at radius 1 is 1.36 bits per heavy atom. The Kier molecular flexibility index (Phi) is 2.77. The van der Waals surface area contributed by atoms with Crippen molar-refractivity contribution in [1.29, 1.82) is 0 Å². The van der Waals surface area contributed by atoms with Crippen LogP contribution in [0.2, 0.25) is 0 Å². The van der Waals surface area contributed by atoms with E-state index in [1.165, 1.54) is 13.5 Å². The number of hydrogen-bond acceptors (Lipinski definition) is 3. The summed E-state index contributed by atoms with van der Waals surface area (Å²) in [6.07, 6.45) is 4.65. The first-order chi connectivity index (χ1) is 6.69. The molecule has 2 fully saturated rings. The van der Waals surface area contributed by atoms with E-state index in [0.29, 0.717) is 24.2 Å². The maximum atomic E-state index is 11.1. The predicted octanol–water partition coefficient (Wildman–Crippen LogP) is 1.35. The molecule has 2 bridgehead atoms. The number of hydrogen-bond donors (Lipinski definition) is 1. The van der Waals surface area contributed by atoms with E-state index < -0.39 is 0 Å². The zero-order chi connectivity index (χ0) is 10.1. The molecule has 0 aromatic heterocycles.